The van der Waals surface area contributed by atoms with Gasteiger partial charge in [0.05, 0.1) is 17.4 Å². The van der Waals surface area contributed by atoms with Gasteiger partial charge >= 0.3 is 0 Å². The summed E-state index contributed by atoms with van der Waals surface area (Å²) in [4.78, 5) is 9.20. The van der Waals surface area contributed by atoms with E-state index in [1.807, 2.05) is 24.5 Å². The highest BCUT2D eigenvalue weighted by Gasteiger charge is 2.20. The van der Waals surface area contributed by atoms with E-state index in [1.165, 1.54) is 23.2 Å². The topological polar surface area (TPSA) is 37.8 Å². The van der Waals surface area contributed by atoms with Crippen LogP contribution in [0.3, 0.4) is 0 Å². The van der Waals surface area contributed by atoms with Crippen LogP contribution in [0.4, 0.5) is 0 Å². The van der Waals surface area contributed by atoms with Crippen LogP contribution in [0.15, 0.2) is 67.0 Å². The third-order valence-electron chi connectivity index (χ3n) is 4.66. The molecule has 0 bridgehead atoms. The molecule has 0 saturated heterocycles. The SMILES string of the molecule is c1ccc(-c2ccc(CN[C@@H]3CCCc4cccnc43)nc2)cc1. The molecule has 3 aromatic rings. The van der Waals surface area contributed by atoms with Crippen molar-refractivity contribution in [3.8, 4) is 11.1 Å². The van der Waals surface area contributed by atoms with Gasteiger partial charge in [-0.3, -0.25) is 9.97 Å². The van der Waals surface area contributed by atoms with Gasteiger partial charge in [0.2, 0.25) is 0 Å². The molecular weight excluding hydrogens is 294 g/mol. The summed E-state index contributed by atoms with van der Waals surface area (Å²) in [7, 11) is 0. The molecule has 1 N–H and O–H groups in total. The van der Waals surface area contributed by atoms with Crippen LogP contribution in [0, 0.1) is 0 Å². The first-order valence-corrected chi connectivity index (χ1v) is 8.58. The van der Waals surface area contributed by atoms with Gasteiger partial charge in [-0.1, -0.05) is 42.5 Å². The summed E-state index contributed by atoms with van der Waals surface area (Å²) in [5.41, 5.74) is 6.02. The van der Waals surface area contributed by atoms with E-state index in [0.717, 1.165) is 30.6 Å². The Morgan fingerprint density at radius 1 is 0.917 bits per heavy atom. The minimum Gasteiger partial charge on any atom is -0.303 e. The van der Waals surface area contributed by atoms with Crippen LogP contribution in [0.5, 0.6) is 0 Å². The van der Waals surface area contributed by atoms with E-state index in [4.69, 9.17) is 0 Å². The number of nitrogens with zero attached hydrogens (tertiary/aromatic N) is 2. The summed E-state index contributed by atoms with van der Waals surface area (Å²) in [6.45, 7) is 0.774. The zero-order valence-corrected chi connectivity index (χ0v) is 13.7. The summed E-state index contributed by atoms with van der Waals surface area (Å²) in [5.74, 6) is 0. The van der Waals surface area contributed by atoms with Gasteiger partial charge in [0.15, 0.2) is 0 Å². The second kappa shape index (κ2) is 6.93. The second-order valence-electron chi connectivity index (χ2n) is 6.28. The molecule has 1 aliphatic carbocycles. The average Bonchev–Trinajstić information content (AvgIpc) is 2.67. The zero-order chi connectivity index (χ0) is 16.2. The number of pyridine rings is 2. The van der Waals surface area contributed by atoms with Gasteiger partial charge in [-0.2, -0.15) is 0 Å². The molecule has 1 atom stereocenters. The molecule has 1 aliphatic rings. The third-order valence-corrected chi connectivity index (χ3v) is 4.66. The summed E-state index contributed by atoms with van der Waals surface area (Å²) < 4.78 is 0. The lowest BCUT2D eigenvalue weighted by Gasteiger charge is -2.25. The van der Waals surface area contributed by atoms with E-state index in [1.54, 1.807) is 0 Å². The minimum absolute atomic E-state index is 0.338. The van der Waals surface area contributed by atoms with E-state index in [-0.39, 0.29) is 0 Å². The van der Waals surface area contributed by atoms with Crippen LogP contribution < -0.4 is 5.32 Å². The molecule has 0 amide bonds. The Labute approximate surface area is 142 Å². The number of rotatable bonds is 4. The molecule has 0 fully saturated rings. The molecule has 0 unspecified atom stereocenters. The second-order valence-corrected chi connectivity index (χ2v) is 6.28. The Morgan fingerprint density at radius 2 is 1.83 bits per heavy atom. The van der Waals surface area contributed by atoms with Crippen LogP contribution in [-0.4, -0.2) is 9.97 Å². The molecule has 120 valence electrons. The molecule has 0 aliphatic heterocycles. The van der Waals surface area contributed by atoms with Gasteiger partial charge in [-0.05, 0) is 42.5 Å². The van der Waals surface area contributed by atoms with Crippen molar-refractivity contribution in [2.75, 3.05) is 0 Å². The number of hydrogen-bond acceptors (Lipinski definition) is 3. The predicted molar refractivity (Wildman–Crippen MR) is 96.4 cm³/mol. The Morgan fingerprint density at radius 3 is 2.67 bits per heavy atom. The molecule has 1 aromatic carbocycles. The summed E-state index contributed by atoms with van der Waals surface area (Å²) >= 11 is 0. The molecular formula is C21H21N3. The van der Waals surface area contributed by atoms with Crippen LogP contribution in [0.2, 0.25) is 0 Å². The van der Waals surface area contributed by atoms with Crippen molar-refractivity contribution >= 4 is 0 Å². The lowest BCUT2D eigenvalue weighted by molar-refractivity contribution is 0.445. The van der Waals surface area contributed by atoms with Gasteiger partial charge in [0.25, 0.3) is 0 Å². The Hall–Kier alpha value is -2.52. The highest BCUT2D eigenvalue weighted by atomic mass is 15.0. The Bertz CT molecular complexity index is 797. The summed E-state index contributed by atoms with van der Waals surface area (Å²) in [6, 6.07) is 19.2. The van der Waals surface area contributed by atoms with E-state index < -0.39 is 0 Å². The smallest absolute Gasteiger partial charge is 0.0605 e. The molecule has 2 heterocycles. The van der Waals surface area contributed by atoms with E-state index >= 15 is 0 Å². The Kier molecular flexibility index (Phi) is 4.34. The largest absolute Gasteiger partial charge is 0.303 e. The number of aromatic nitrogens is 2. The quantitative estimate of drug-likeness (QED) is 0.779. The fourth-order valence-corrected chi connectivity index (χ4v) is 3.37. The highest BCUT2D eigenvalue weighted by molar-refractivity contribution is 5.62. The maximum atomic E-state index is 4.61. The highest BCUT2D eigenvalue weighted by Crippen LogP contribution is 2.27. The lowest BCUT2D eigenvalue weighted by atomic mass is 9.92. The third kappa shape index (κ3) is 3.22. The first-order valence-electron chi connectivity index (χ1n) is 8.58. The molecule has 0 saturated carbocycles. The minimum atomic E-state index is 0.338. The first-order chi connectivity index (χ1) is 11.9. The molecule has 3 heteroatoms. The van der Waals surface area contributed by atoms with Crippen molar-refractivity contribution in [3.63, 3.8) is 0 Å². The van der Waals surface area contributed by atoms with Crippen molar-refractivity contribution in [1.29, 1.82) is 0 Å². The van der Waals surface area contributed by atoms with Gasteiger partial charge < -0.3 is 5.32 Å². The first kappa shape index (κ1) is 15.0. The van der Waals surface area contributed by atoms with Crippen LogP contribution in [0.25, 0.3) is 11.1 Å². The maximum absolute atomic E-state index is 4.61. The lowest BCUT2D eigenvalue weighted by Crippen LogP contribution is -2.26. The van der Waals surface area contributed by atoms with Crippen LogP contribution in [0.1, 0.15) is 35.8 Å². The monoisotopic (exact) mass is 315 g/mol. The van der Waals surface area contributed by atoms with Crippen molar-refractivity contribution in [3.05, 3.63) is 83.9 Å². The number of fused-ring (bicyclic) bond motifs is 1. The summed E-state index contributed by atoms with van der Waals surface area (Å²) in [6.07, 6.45) is 7.36. The van der Waals surface area contributed by atoms with Crippen molar-refractivity contribution in [1.82, 2.24) is 15.3 Å². The molecule has 2 aromatic heterocycles. The van der Waals surface area contributed by atoms with Gasteiger partial charge in [-0.15, -0.1) is 0 Å². The molecule has 24 heavy (non-hydrogen) atoms. The standard InChI is InChI=1S/C21H21N3/c1-2-6-16(7-3-1)18-11-12-19(23-14-18)15-24-20-10-4-8-17-9-5-13-22-21(17)20/h1-3,5-7,9,11-14,20,24H,4,8,10,15H2/t20-/m1/s1. The number of benzene rings is 1. The van der Waals surface area contributed by atoms with Crippen molar-refractivity contribution in [2.45, 2.75) is 31.8 Å². The molecule has 4 rings (SSSR count). The number of nitrogens with one attached hydrogen (secondary N) is 1. The van der Waals surface area contributed by atoms with E-state index in [0.29, 0.717) is 6.04 Å². The molecule has 0 radical (unpaired) electrons. The number of aryl methyl sites for hydroxylation is 1. The summed E-state index contributed by atoms with van der Waals surface area (Å²) in [5, 5.41) is 3.63. The fraction of sp³-hybridized carbons (Fsp3) is 0.238. The van der Waals surface area contributed by atoms with Crippen molar-refractivity contribution in [2.24, 2.45) is 0 Å². The van der Waals surface area contributed by atoms with Gasteiger partial charge in [0, 0.05) is 24.5 Å². The van der Waals surface area contributed by atoms with E-state index in [9.17, 15) is 0 Å². The number of hydrogen-bond donors (Lipinski definition) is 1. The van der Waals surface area contributed by atoms with Crippen LogP contribution >= 0.6 is 0 Å². The maximum Gasteiger partial charge on any atom is 0.0605 e. The fourth-order valence-electron chi connectivity index (χ4n) is 3.37. The zero-order valence-electron chi connectivity index (χ0n) is 13.7. The van der Waals surface area contributed by atoms with Crippen LogP contribution in [-0.2, 0) is 13.0 Å². The predicted octanol–water partition coefficient (Wildman–Crippen LogP) is 4.31. The van der Waals surface area contributed by atoms with E-state index in [2.05, 4.69) is 57.7 Å². The molecule has 3 nitrogen and oxygen atoms in total. The average molecular weight is 315 g/mol. The van der Waals surface area contributed by atoms with Crippen molar-refractivity contribution < 1.29 is 0 Å². The normalized spacial score (nSPS) is 16.6. The molecule has 0 spiro atoms. The van der Waals surface area contributed by atoms with Gasteiger partial charge in [-0.25, -0.2) is 0 Å². The Balaban J connectivity index is 1.44. The van der Waals surface area contributed by atoms with Gasteiger partial charge in [0.1, 0.15) is 0 Å².